The minimum Gasteiger partial charge on any atom is -0.341 e. The summed E-state index contributed by atoms with van der Waals surface area (Å²) in [5.41, 5.74) is 2.81. The van der Waals surface area contributed by atoms with E-state index in [0.29, 0.717) is 11.5 Å². The minimum atomic E-state index is -0.331. The van der Waals surface area contributed by atoms with Crippen LogP contribution in [-0.4, -0.2) is 40.9 Å². The number of carbonyl (C=O) groups excluding carboxylic acids is 1. The number of piperidine rings is 1. The second-order valence-corrected chi connectivity index (χ2v) is 8.00. The highest BCUT2D eigenvalue weighted by molar-refractivity contribution is 5.87. The topological polar surface area (TPSA) is 47.3 Å². The molecule has 4 heteroatoms. The number of rotatable bonds is 5. The number of hydrogen-bond donors (Lipinski definition) is 0. The molecule has 0 aromatic heterocycles. The zero-order chi connectivity index (χ0) is 19.4. The second kappa shape index (κ2) is 8.16. The molecule has 28 heavy (non-hydrogen) atoms. The van der Waals surface area contributed by atoms with Gasteiger partial charge in [0.05, 0.1) is 11.6 Å². The van der Waals surface area contributed by atoms with Gasteiger partial charge >= 0.3 is 0 Å². The Bertz CT molecular complexity index is 856. The van der Waals surface area contributed by atoms with E-state index >= 15 is 0 Å². The molecule has 1 spiro atoms. The summed E-state index contributed by atoms with van der Waals surface area (Å²) in [6.45, 7) is 3.43. The average Bonchev–Trinajstić information content (AvgIpc) is 3.13. The van der Waals surface area contributed by atoms with Crippen molar-refractivity contribution in [3.63, 3.8) is 0 Å². The lowest BCUT2D eigenvalue weighted by molar-refractivity contribution is -0.147. The number of carbonyl (C=O) groups is 1. The first kappa shape index (κ1) is 18.7. The van der Waals surface area contributed by atoms with Gasteiger partial charge in [0.15, 0.2) is 0 Å². The highest BCUT2D eigenvalue weighted by Gasteiger charge is 2.50. The molecule has 1 atom stereocenters. The van der Waals surface area contributed by atoms with Gasteiger partial charge in [-0.2, -0.15) is 5.26 Å². The van der Waals surface area contributed by atoms with Gasteiger partial charge in [0, 0.05) is 19.6 Å². The molecule has 2 fully saturated rings. The maximum atomic E-state index is 13.5. The molecular weight excluding hydrogens is 346 g/mol. The van der Waals surface area contributed by atoms with Crippen molar-refractivity contribution in [2.75, 3.05) is 19.6 Å². The van der Waals surface area contributed by atoms with E-state index in [0.717, 1.165) is 58.3 Å². The van der Waals surface area contributed by atoms with E-state index in [-0.39, 0.29) is 5.54 Å². The fourth-order valence-corrected chi connectivity index (χ4v) is 4.78. The van der Waals surface area contributed by atoms with Crippen LogP contribution in [0.15, 0.2) is 54.6 Å². The van der Waals surface area contributed by atoms with E-state index in [4.69, 9.17) is 5.26 Å². The quantitative estimate of drug-likeness (QED) is 0.802. The molecule has 1 unspecified atom stereocenters. The smallest absolute Gasteiger partial charge is 0.243 e. The van der Waals surface area contributed by atoms with Crippen LogP contribution in [-0.2, 0) is 17.8 Å². The van der Waals surface area contributed by atoms with E-state index in [1.807, 2.05) is 30.3 Å². The van der Waals surface area contributed by atoms with Crippen molar-refractivity contribution in [2.45, 2.75) is 44.2 Å². The molecule has 2 heterocycles. The third kappa shape index (κ3) is 3.68. The van der Waals surface area contributed by atoms with Gasteiger partial charge < -0.3 is 4.90 Å². The first-order valence-corrected chi connectivity index (χ1v) is 10.3. The largest absolute Gasteiger partial charge is 0.341 e. The summed E-state index contributed by atoms with van der Waals surface area (Å²) < 4.78 is 0. The SMILES string of the molecule is N#Cc1ccc(CN2CCCC23CCCN(CCc2ccccc2)C3=O)cc1. The van der Waals surface area contributed by atoms with Gasteiger partial charge in [-0.05, 0) is 61.9 Å². The van der Waals surface area contributed by atoms with E-state index in [2.05, 4.69) is 40.1 Å². The molecule has 2 aromatic carbocycles. The van der Waals surface area contributed by atoms with E-state index < -0.39 is 0 Å². The number of likely N-dealkylation sites (tertiary alicyclic amines) is 2. The molecule has 144 valence electrons. The third-order valence-electron chi connectivity index (χ3n) is 6.30. The Hall–Kier alpha value is -2.64. The summed E-state index contributed by atoms with van der Waals surface area (Å²) in [6, 6.07) is 20.4. The van der Waals surface area contributed by atoms with Crippen LogP contribution in [0.1, 0.15) is 42.4 Å². The Morgan fingerprint density at radius 1 is 0.929 bits per heavy atom. The molecule has 4 rings (SSSR count). The molecule has 0 bridgehead atoms. The van der Waals surface area contributed by atoms with Crippen molar-refractivity contribution >= 4 is 5.91 Å². The van der Waals surface area contributed by atoms with Crippen molar-refractivity contribution in [2.24, 2.45) is 0 Å². The van der Waals surface area contributed by atoms with Crippen LogP contribution < -0.4 is 0 Å². The molecule has 2 aliphatic rings. The van der Waals surface area contributed by atoms with Crippen molar-refractivity contribution in [1.29, 1.82) is 5.26 Å². The zero-order valence-corrected chi connectivity index (χ0v) is 16.3. The fourth-order valence-electron chi connectivity index (χ4n) is 4.78. The predicted molar refractivity (Wildman–Crippen MR) is 109 cm³/mol. The van der Waals surface area contributed by atoms with Crippen LogP contribution >= 0.6 is 0 Å². The molecule has 2 saturated heterocycles. The standard InChI is InChI=1S/C24H27N3O/c25-18-21-8-10-22(11-9-21)19-27-16-5-14-24(27)13-4-15-26(23(24)28)17-12-20-6-2-1-3-7-20/h1-3,6-11H,4-5,12-17,19H2. The Labute approximate surface area is 167 Å². The van der Waals surface area contributed by atoms with Gasteiger partial charge in [-0.25, -0.2) is 0 Å². The van der Waals surface area contributed by atoms with Gasteiger partial charge in [-0.3, -0.25) is 9.69 Å². The van der Waals surface area contributed by atoms with Crippen LogP contribution in [0.3, 0.4) is 0 Å². The normalized spacial score (nSPS) is 22.5. The van der Waals surface area contributed by atoms with Gasteiger partial charge in [0.25, 0.3) is 0 Å². The predicted octanol–water partition coefficient (Wildman–Crippen LogP) is 3.76. The molecule has 0 N–H and O–H groups in total. The Morgan fingerprint density at radius 3 is 2.36 bits per heavy atom. The lowest BCUT2D eigenvalue weighted by Gasteiger charge is -2.45. The first-order valence-electron chi connectivity index (χ1n) is 10.3. The molecule has 1 amide bonds. The summed E-state index contributed by atoms with van der Waals surface area (Å²) in [6.07, 6.45) is 4.99. The van der Waals surface area contributed by atoms with E-state index in [1.165, 1.54) is 11.1 Å². The van der Waals surface area contributed by atoms with Crippen molar-refractivity contribution < 1.29 is 4.79 Å². The summed E-state index contributed by atoms with van der Waals surface area (Å²) in [4.78, 5) is 18.0. The lowest BCUT2D eigenvalue weighted by atomic mass is 9.85. The van der Waals surface area contributed by atoms with Crippen LogP contribution in [0.5, 0.6) is 0 Å². The maximum Gasteiger partial charge on any atom is 0.243 e. The number of benzene rings is 2. The third-order valence-corrected chi connectivity index (χ3v) is 6.30. The molecular formula is C24H27N3O. The molecule has 0 saturated carbocycles. The van der Waals surface area contributed by atoms with Crippen LogP contribution in [0.4, 0.5) is 0 Å². The zero-order valence-electron chi connectivity index (χ0n) is 16.3. The molecule has 2 aromatic rings. The second-order valence-electron chi connectivity index (χ2n) is 8.00. The Morgan fingerprint density at radius 2 is 1.64 bits per heavy atom. The van der Waals surface area contributed by atoms with Crippen molar-refractivity contribution in [1.82, 2.24) is 9.80 Å². The summed E-state index contributed by atoms with van der Waals surface area (Å²) in [7, 11) is 0. The van der Waals surface area contributed by atoms with Crippen LogP contribution in [0.25, 0.3) is 0 Å². The first-order chi connectivity index (χ1) is 13.7. The highest BCUT2D eigenvalue weighted by atomic mass is 16.2. The lowest BCUT2D eigenvalue weighted by Crippen LogP contribution is -2.59. The van der Waals surface area contributed by atoms with Gasteiger partial charge in [0.1, 0.15) is 5.54 Å². The summed E-state index contributed by atoms with van der Waals surface area (Å²) in [5, 5.41) is 9.00. The molecule has 2 aliphatic heterocycles. The van der Waals surface area contributed by atoms with Gasteiger partial charge in [0.2, 0.25) is 5.91 Å². The Kier molecular flexibility index (Phi) is 5.45. The number of nitrogens with zero attached hydrogens (tertiary/aromatic N) is 3. The average molecular weight is 374 g/mol. The monoisotopic (exact) mass is 373 g/mol. The van der Waals surface area contributed by atoms with Crippen molar-refractivity contribution in [3.05, 3.63) is 71.3 Å². The Balaban J connectivity index is 1.46. The molecule has 0 radical (unpaired) electrons. The van der Waals surface area contributed by atoms with Gasteiger partial charge in [-0.1, -0.05) is 42.5 Å². The summed E-state index contributed by atoms with van der Waals surface area (Å²) in [5.74, 6) is 0.320. The number of nitriles is 1. The van der Waals surface area contributed by atoms with Crippen LogP contribution in [0.2, 0.25) is 0 Å². The van der Waals surface area contributed by atoms with Crippen LogP contribution in [0, 0.1) is 11.3 Å². The summed E-state index contributed by atoms with van der Waals surface area (Å²) >= 11 is 0. The number of amides is 1. The van der Waals surface area contributed by atoms with Gasteiger partial charge in [-0.15, -0.1) is 0 Å². The fraction of sp³-hybridized carbons (Fsp3) is 0.417. The molecule has 4 nitrogen and oxygen atoms in total. The minimum absolute atomic E-state index is 0.320. The maximum absolute atomic E-state index is 13.5. The van der Waals surface area contributed by atoms with E-state index in [9.17, 15) is 4.79 Å². The van der Waals surface area contributed by atoms with Crippen molar-refractivity contribution in [3.8, 4) is 6.07 Å². The highest BCUT2D eigenvalue weighted by Crippen LogP contribution is 2.39. The molecule has 0 aliphatic carbocycles. The number of hydrogen-bond acceptors (Lipinski definition) is 3. The van der Waals surface area contributed by atoms with E-state index in [1.54, 1.807) is 0 Å².